The third-order valence-electron chi connectivity index (χ3n) is 7.81. The van der Waals surface area contributed by atoms with E-state index in [0.717, 1.165) is 33.5 Å². The molecular weight excluding hydrogens is 488 g/mol. The van der Waals surface area contributed by atoms with E-state index in [4.69, 9.17) is 0 Å². The molecule has 3 heterocycles. The number of hydrogen-bond acceptors (Lipinski definition) is 2. The van der Waals surface area contributed by atoms with Crippen LogP contribution in [0.25, 0.3) is 66.1 Å². The monoisotopic (exact) mass is 510 g/mol. The summed E-state index contributed by atoms with van der Waals surface area (Å²) >= 11 is 0. The SMILES string of the molecule is N#Cc1cc(-c2ccncc2)cc(-n2c3ccccc3c3ccc(-n4c5ccccc5c5ccccc54)cc32)c1. The van der Waals surface area contributed by atoms with Gasteiger partial charge in [0.15, 0.2) is 0 Å². The number of benzene rings is 5. The second-order valence-corrected chi connectivity index (χ2v) is 10.0. The number of aromatic nitrogens is 3. The highest BCUT2D eigenvalue weighted by Crippen LogP contribution is 2.37. The summed E-state index contributed by atoms with van der Waals surface area (Å²) in [6.45, 7) is 0. The lowest BCUT2D eigenvalue weighted by Gasteiger charge is -2.13. The molecule has 0 aliphatic rings. The summed E-state index contributed by atoms with van der Waals surface area (Å²) in [5.41, 5.74) is 9.24. The van der Waals surface area contributed by atoms with Crippen molar-refractivity contribution < 1.29 is 0 Å². The van der Waals surface area contributed by atoms with Crippen LogP contribution in [0.3, 0.4) is 0 Å². The fraction of sp³-hybridized carbons (Fsp3) is 0. The summed E-state index contributed by atoms with van der Waals surface area (Å²) in [6, 6.07) is 44.8. The van der Waals surface area contributed by atoms with E-state index >= 15 is 0 Å². The van der Waals surface area contributed by atoms with Gasteiger partial charge in [-0.05, 0) is 71.8 Å². The van der Waals surface area contributed by atoms with Gasteiger partial charge in [0.1, 0.15) is 0 Å². The fourth-order valence-corrected chi connectivity index (χ4v) is 6.09. The lowest BCUT2D eigenvalue weighted by molar-refractivity contribution is 1.15. The second-order valence-electron chi connectivity index (χ2n) is 10.0. The number of nitriles is 1. The van der Waals surface area contributed by atoms with Crippen LogP contribution in [0.1, 0.15) is 5.56 Å². The van der Waals surface area contributed by atoms with Crippen LogP contribution >= 0.6 is 0 Å². The normalized spacial score (nSPS) is 11.5. The van der Waals surface area contributed by atoms with Gasteiger partial charge < -0.3 is 9.13 Å². The molecule has 0 unspecified atom stereocenters. The minimum Gasteiger partial charge on any atom is -0.309 e. The molecule has 0 saturated heterocycles. The molecular formula is C36H22N4. The highest BCUT2D eigenvalue weighted by atomic mass is 15.0. The molecule has 4 heteroatoms. The van der Waals surface area contributed by atoms with E-state index in [2.05, 4.69) is 117 Å². The van der Waals surface area contributed by atoms with Gasteiger partial charge in [0.2, 0.25) is 0 Å². The van der Waals surface area contributed by atoms with Gasteiger partial charge in [0.05, 0.1) is 33.7 Å². The van der Waals surface area contributed by atoms with Crippen molar-refractivity contribution in [2.75, 3.05) is 0 Å². The highest BCUT2D eigenvalue weighted by Gasteiger charge is 2.17. The van der Waals surface area contributed by atoms with Gasteiger partial charge in [-0.15, -0.1) is 0 Å². The first-order chi connectivity index (χ1) is 19.8. The molecule has 0 radical (unpaired) electrons. The van der Waals surface area contributed by atoms with Crippen LogP contribution in [0.2, 0.25) is 0 Å². The molecule has 0 spiro atoms. The van der Waals surface area contributed by atoms with Gasteiger partial charge in [-0.25, -0.2) is 0 Å². The predicted molar refractivity (Wildman–Crippen MR) is 163 cm³/mol. The molecule has 0 amide bonds. The van der Waals surface area contributed by atoms with Crippen LogP contribution in [0, 0.1) is 11.3 Å². The van der Waals surface area contributed by atoms with Crippen molar-refractivity contribution >= 4 is 43.6 Å². The standard InChI is InChI=1S/C36H22N4/c37-23-24-19-26(25-15-17-38-18-16-25)21-28(20-24)40-35-12-6-3-9-31(35)32-14-13-27(22-36(32)40)39-33-10-4-1-7-29(33)30-8-2-5-11-34(30)39/h1-22H. The number of para-hydroxylation sites is 3. The molecule has 0 saturated carbocycles. The third-order valence-corrected chi connectivity index (χ3v) is 7.81. The van der Waals surface area contributed by atoms with Gasteiger partial charge in [0.25, 0.3) is 0 Å². The van der Waals surface area contributed by atoms with Gasteiger partial charge >= 0.3 is 0 Å². The summed E-state index contributed by atoms with van der Waals surface area (Å²) in [6.07, 6.45) is 3.57. The molecule has 8 rings (SSSR count). The van der Waals surface area contributed by atoms with Crippen molar-refractivity contribution in [1.29, 1.82) is 5.26 Å². The summed E-state index contributed by atoms with van der Waals surface area (Å²) in [5.74, 6) is 0. The Bertz CT molecular complexity index is 2230. The highest BCUT2D eigenvalue weighted by molar-refractivity contribution is 6.12. The quantitative estimate of drug-likeness (QED) is 0.238. The van der Waals surface area contributed by atoms with Crippen molar-refractivity contribution in [2.45, 2.75) is 0 Å². The van der Waals surface area contributed by atoms with Crippen LogP contribution in [0.4, 0.5) is 0 Å². The van der Waals surface area contributed by atoms with Crippen LogP contribution in [0.5, 0.6) is 0 Å². The Kier molecular flexibility index (Phi) is 4.85. The van der Waals surface area contributed by atoms with Gasteiger partial charge in [-0.3, -0.25) is 4.98 Å². The molecule has 8 aromatic rings. The zero-order valence-corrected chi connectivity index (χ0v) is 21.5. The second kappa shape index (κ2) is 8.69. The number of rotatable bonds is 3. The van der Waals surface area contributed by atoms with Crippen molar-refractivity contribution in [3.8, 4) is 28.6 Å². The van der Waals surface area contributed by atoms with Crippen LogP contribution in [-0.2, 0) is 0 Å². The third kappa shape index (κ3) is 3.28. The Morgan fingerprint density at radius 1 is 0.475 bits per heavy atom. The molecule has 4 nitrogen and oxygen atoms in total. The fourth-order valence-electron chi connectivity index (χ4n) is 6.09. The van der Waals surface area contributed by atoms with Gasteiger partial charge in [-0.1, -0.05) is 60.7 Å². The van der Waals surface area contributed by atoms with Crippen LogP contribution in [0.15, 0.2) is 134 Å². The summed E-state index contributed by atoms with van der Waals surface area (Å²) in [7, 11) is 0. The number of nitrogens with zero attached hydrogens (tertiary/aromatic N) is 4. The van der Waals surface area contributed by atoms with E-state index in [1.54, 1.807) is 12.4 Å². The molecule has 186 valence electrons. The molecule has 0 atom stereocenters. The van der Waals surface area contributed by atoms with Gasteiger partial charge in [-0.2, -0.15) is 5.26 Å². The van der Waals surface area contributed by atoms with E-state index in [0.29, 0.717) is 5.56 Å². The lowest BCUT2D eigenvalue weighted by Crippen LogP contribution is -1.98. The topological polar surface area (TPSA) is 46.5 Å². The van der Waals surface area contributed by atoms with Crippen molar-refractivity contribution in [3.63, 3.8) is 0 Å². The van der Waals surface area contributed by atoms with Gasteiger partial charge in [0, 0.05) is 45.3 Å². The predicted octanol–water partition coefficient (Wildman–Crippen LogP) is 8.81. The van der Waals surface area contributed by atoms with E-state index in [9.17, 15) is 5.26 Å². The van der Waals surface area contributed by atoms with Crippen molar-refractivity contribution in [3.05, 3.63) is 139 Å². The molecule has 3 aromatic heterocycles. The molecule has 0 fully saturated rings. The molecule has 0 N–H and O–H groups in total. The summed E-state index contributed by atoms with van der Waals surface area (Å²) in [5, 5.41) is 14.8. The molecule has 0 aliphatic carbocycles. The largest absolute Gasteiger partial charge is 0.309 e. The molecule has 0 bridgehead atoms. The maximum Gasteiger partial charge on any atom is 0.0992 e. The Morgan fingerprint density at radius 2 is 1.02 bits per heavy atom. The first kappa shape index (κ1) is 22.3. The average molecular weight is 511 g/mol. The first-order valence-electron chi connectivity index (χ1n) is 13.3. The maximum atomic E-state index is 9.95. The maximum absolute atomic E-state index is 9.95. The Hall–Kier alpha value is -5.66. The summed E-state index contributed by atoms with van der Waals surface area (Å²) in [4.78, 5) is 4.17. The Labute approximate surface area is 230 Å². The molecule has 0 aliphatic heterocycles. The minimum absolute atomic E-state index is 0.619. The van der Waals surface area contributed by atoms with E-state index in [1.807, 2.05) is 24.3 Å². The minimum atomic E-state index is 0.619. The number of pyridine rings is 1. The summed E-state index contributed by atoms with van der Waals surface area (Å²) < 4.78 is 4.63. The zero-order valence-electron chi connectivity index (χ0n) is 21.5. The van der Waals surface area contributed by atoms with E-state index < -0.39 is 0 Å². The average Bonchev–Trinajstić information content (AvgIpc) is 3.54. The van der Waals surface area contributed by atoms with E-state index in [-0.39, 0.29) is 0 Å². The first-order valence-corrected chi connectivity index (χ1v) is 13.3. The van der Waals surface area contributed by atoms with Crippen molar-refractivity contribution in [2.24, 2.45) is 0 Å². The Balaban J connectivity index is 1.45. The van der Waals surface area contributed by atoms with Crippen LogP contribution < -0.4 is 0 Å². The molecule has 40 heavy (non-hydrogen) atoms. The van der Waals surface area contributed by atoms with E-state index in [1.165, 1.54) is 32.6 Å². The lowest BCUT2D eigenvalue weighted by atomic mass is 10.0. The van der Waals surface area contributed by atoms with Crippen LogP contribution in [-0.4, -0.2) is 14.1 Å². The zero-order chi connectivity index (χ0) is 26.6. The number of fused-ring (bicyclic) bond motifs is 6. The Morgan fingerprint density at radius 3 is 1.62 bits per heavy atom. The smallest absolute Gasteiger partial charge is 0.0992 e. The molecule has 5 aromatic carbocycles. The number of hydrogen-bond donors (Lipinski definition) is 0. The van der Waals surface area contributed by atoms with Crippen molar-refractivity contribution in [1.82, 2.24) is 14.1 Å².